The number of piperidine rings is 1. The van der Waals surface area contributed by atoms with Gasteiger partial charge in [0.2, 0.25) is 11.8 Å². The van der Waals surface area contributed by atoms with E-state index in [1.54, 1.807) is 6.92 Å². The Morgan fingerprint density at radius 1 is 1.39 bits per heavy atom. The minimum Gasteiger partial charge on any atom is -0.368 e. The quantitative estimate of drug-likeness (QED) is 0.593. The van der Waals surface area contributed by atoms with Crippen LogP contribution in [0.4, 0.5) is 0 Å². The van der Waals surface area contributed by atoms with Crippen molar-refractivity contribution < 1.29 is 14.3 Å². The van der Waals surface area contributed by atoms with E-state index in [4.69, 9.17) is 4.74 Å². The highest BCUT2D eigenvalue weighted by Crippen LogP contribution is 2.06. The van der Waals surface area contributed by atoms with Crippen molar-refractivity contribution in [2.24, 2.45) is 0 Å². The number of carbonyl (C=O) groups is 2. The van der Waals surface area contributed by atoms with Crippen molar-refractivity contribution in [3.8, 4) is 0 Å². The predicted molar refractivity (Wildman–Crippen MR) is 68.1 cm³/mol. The van der Waals surface area contributed by atoms with Crippen molar-refractivity contribution in [1.82, 2.24) is 16.0 Å². The first-order valence-electron chi connectivity index (χ1n) is 6.53. The molecule has 1 rings (SSSR count). The summed E-state index contributed by atoms with van der Waals surface area (Å²) in [6.45, 7) is 5.95. The third kappa shape index (κ3) is 5.46. The van der Waals surface area contributed by atoms with Crippen molar-refractivity contribution in [3.05, 3.63) is 0 Å². The zero-order valence-electron chi connectivity index (χ0n) is 11.1. The minimum absolute atomic E-state index is 0.0222. The number of amides is 2. The number of carbonyl (C=O) groups excluding carboxylic acids is 2. The average molecular weight is 257 g/mol. The van der Waals surface area contributed by atoms with Crippen LogP contribution in [0.2, 0.25) is 0 Å². The Morgan fingerprint density at radius 2 is 2.06 bits per heavy atom. The number of hydrogen-bond donors (Lipinski definition) is 3. The number of likely N-dealkylation sites (N-methyl/N-ethyl adjacent to an activating group) is 1. The maximum atomic E-state index is 11.6. The maximum Gasteiger partial charge on any atom is 0.246 e. The fourth-order valence-corrected chi connectivity index (χ4v) is 1.83. The summed E-state index contributed by atoms with van der Waals surface area (Å²) in [7, 11) is 0. The summed E-state index contributed by atoms with van der Waals surface area (Å²) in [4.78, 5) is 23.0. The molecule has 18 heavy (non-hydrogen) atoms. The first-order valence-corrected chi connectivity index (χ1v) is 6.53. The lowest BCUT2D eigenvalue weighted by molar-refractivity contribution is -0.132. The molecular formula is C12H23N3O3. The van der Waals surface area contributed by atoms with Gasteiger partial charge < -0.3 is 20.7 Å². The van der Waals surface area contributed by atoms with Gasteiger partial charge >= 0.3 is 0 Å². The van der Waals surface area contributed by atoms with Crippen LogP contribution >= 0.6 is 0 Å². The van der Waals surface area contributed by atoms with Gasteiger partial charge in [-0.05, 0) is 39.8 Å². The van der Waals surface area contributed by atoms with Gasteiger partial charge in [0.15, 0.2) is 0 Å². The molecule has 0 aromatic heterocycles. The Labute approximate surface area is 108 Å². The van der Waals surface area contributed by atoms with Crippen molar-refractivity contribution in [3.63, 3.8) is 0 Å². The molecule has 1 unspecified atom stereocenters. The Balaban J connectivity index is 2.18. The lowest BCUT2D eigenvalue weighted by atomic mass is 10.1. The van der Waals surface area contributed by atoms with Gasteiger partial charge in [0, 0.05) is 6.54 Å². The summed E-state index contributed by atoms with van der Waals surface area (Å²) >= 11 is 0. The number of rotatable bonds is 6. The van der Waals surface area contributed by atoms with E-state index in [0.717, 1.165) is 25.9 Å². The second-order valence-electron chi connectivity index (χ2n) is 4.44. The van der Waals surface area contributed by atoms with E-state index in [2.05, 4.69) is 16.0 Å². The van der Waals surface area contributed by atoms with Crippen molar-refractivity contribution in [2.45, 2.75) is 38.8 Å². The van der Waals surface area contributed by atoms with Gasteiger partial charge in [-0.3, -0.25) is 9.59 Å². The highest BCUT2D eigenvalue weighted by molar-refractivity contribution is 5.87. The number of hydrogen-bond acceptors (Lipinski definition) is 4. The molecule has 1 saturated heterocycles. The van der Waals surface area contributed by atoms with E-state index in [-0.39, 0.29) is 24.5 Å². The molecular weight excluding hydrogens is 234 g/mol. The van der Waals surface area contributed by atoms with E-state index < -0.39 is 6.04 Å². The van der Waals surface area contributed by atoms with Crippen LogP contribution in [0.1, 0.15) is 26.7 Å². The van der Waals surface area contributed by atoms with Gasteiger partial charge in [-0.1, -0.05) is 0 Å². The largest absolute Gasteiger partial charge is 0.368 e. The van der Waals surface area contributed by atoms with Crippen LogP contribution in [-0.2, 0) is 14.3 Å². The highest BCUT2D eigenvalue weighted by Gasteiger charge is 2.17. The molecule has 0 aromatic rings. The predicted octanol–water partition coefficient (Wildman–Crippen LogP) is -0.604. The van der Waals surface area contributed by atoms with Gasteiger partial charge in [-0.25, -0.2) is 0 Å². The molecule has 0 bridgehead atoms. The van der Waals surface area contributed by atoms with Crippen LogP contribution in [0.15, 0.2) is 0 Å². The normalized spacial score (nSPS) is 18.1. The summed E-state index contributed by atoms with van der Waals surface area (Å²) in [5.74, 6) is -0.417. The van der Waals surface area contributed by atoms with Crippen LogP contribution in [0.3, 0.4) is 0 Å². The molecule has 0 spiro atoms. The van der Waals surface area contributed by atoms with Gasteiger partial charge in [-0.15, -0.1) is 0 Å². The summed E-state index contributed by atoms with van der Waals surface area (Å²) < 4.78 is 5.50. The molecule has 0 aromatic carbocycles. The second-order valence-corrected chi connectivity index (χ2v) is 4.44. The van der Waals surface area contributed by atoms with Gasteiger partial charge in [0.1, 0.15) is 12.6 Å². The summed E-state index contributed by atoms with van der Waals surface area (Å²) in [6, 6.07) is -0.519. The standard InChI is InChI=1S/C12H23N3O3/c1-3-14-12(17)9(2)15-11(16)8-18-10-4-6-13-7-5-10/h9-10,13H,3-8H2,1-2H3,(H,14,17)(H,15,16). The molecule has 0 radical (unpaired) electrons. The van der Waals surface area contributed by atoms with Crippen LogP contribution < -0.4 is 16.0 Å². The molecule has 0 aliphatic carbocycles. The SMILES string of the molecule is CCNC(=O)C(C)NC(=O)COC1CCNCC1. The molecule has 104 valence electrons. The third-order valence-corrected chi connectivity index (χ3v) is 2.86. The zero-order chi connectivity index (χ0) is 13.4. The van der Waals surface area contributed by atoms with Gasteiger partial charge in [0.25, 0.3) is 0 Å². The summed E-state index contributed by atoms with van der Waals surface area (Å²) in [6.07, 6.45) is 2.01. The fraction of sp³-hybridized carbons (Fsp3) is 0.833. The van der Waals surface area contributed by atoms with Crippen LogP contribution in [0.25, 0.3) is 0 Å². The lowest BCUT2D eigenvalue weighted by Crippen LogP contribution is -2.46. The fourth-order valence-electron chi connectivity index (χ4n) is 1.83. The topological polar surface area (TPSA) is 79.5 Å². The zero-order valence-corrected chi connectivity index (χ0v) is 11.1. The summed E-state index contributed by atoms with van der Waals surface area (Å²) in [5.41, 5.74) is 0. The first-order chi connectivity index (χ1) is 8.63. The monoisotopic (exact) mass is 257 g/mol. The molecule has 0 saturated carbocycles. The average Bonchev–Trinajstić information content (AvgIpc) is 2.38. The molecule has 6 nitrogen and oxygen atoms in total. The number of ether oxygens (including phenoxy) is 1. The second kappa shape index (κ2) is 8.05. The Hall–Kier alpha value is -1.14. The Morgan fingerprint density at radius 3 is 2.67 bits per heavy atom. The molecule has 2 amide bonds. The summed E-state index contributed by atoms with van der Waals surface area (Å²) in [5, 5.41) is 8.50. The molecule has 1 fully saturated rings. The van der Waals surface area contributed by atoms with Crippen molar-refractivity contribution >= 4 is 11.8 Å². The van der Waals surface area contributed by atoms with Crippen molar-refractivity contribution in [1.29, 1.82) is 0 Å². The van der Waals surface area contributed by atoms with E-state index in [0.29, 0.717) is 6.54 Å². The molecule has 1 aliphatic rings. The Kier molecular flexibility index (Phi) is 6.67. The maximum absolute atomic E-state index is 11.6. The van der Waals surface area contributed by atoms with E-state index in [1.807, 2.05) is 6.92 Å². The molecule has 6 heteroatoms. The highest BCUT2D eigenvalue weighted by atomic mass is 16.5. The lowest BCUT2D eigenvalue weighted by Gasteiger charge is -2.23. The molecule has 1 heterocycles. The number of nitrogens with one attached hydrogen (secondary N) is 3. The third-order valence-electron chi connectivity index (χ3n) is 2.86. The van der Waals surface area contributed by atoms with Crippen LogP contribution in [0.5, 0.6) is 0 Å². The molecule has 3 N–H and O–H groups in total. The minimum atomic E-state index is -0.519. The van der Waals surface area contributed by atoms with Gasteiger partial charge in [0.05, 0.1) is 6.10 Å². The van der Waals surface area contributed by atoms with Crippen molar-refractivity contribution in [2.75, 3.05) is 26.2 Å². The first kappa shape index (κ1) is 14.9. The van der Waals surface area contributed by atoms with E-state index in [9.17, 15) is 9.59 Å². The van der Waals surface area contributed by atoms with Crippen LogP contribution in [0, 0.1) is 0 Å². The van der Waals surface area contributed by atoms with E-state index in [1.165, 1.54) is 0 Å². The van der Waals surface area contributed by atoms with Gasteiger partial charge in [-0.2, -0.15) is 0 Å². The molecule has 1 aliphatic heterocycles. The van der Waals surface area contributed by atoms with Crippen LogP contribution in [-0.4, -0.2) is 50.2 Å². The van der Waals surface area contributed by atoms with E-state index >= 15 is 0 Å². The molecule has 1 atom stereocenters. The Bertz CT molecular complexity index is 278. The smallest absolute Gasteiger partial charge is 0.246 e.